The largest absolute Gasteiger partial charge is 0.378 e. The summed E-state index contributed by atoms with van der Waals surface area (Å²) in [6.45, 7) is 0. The second kappa shape index (κ2) is 5.63. The maximum Gasteiger partial charge on any atom is 0.260 e. The minimum absolute atomic E-state index is 0.204. The van der Waals surface area contributed by atoms with Crippen LogP contribution in [-0.4, -0.2) is 20.2 Å². The van der Waals surface area contributed by atoms with Crippen LogP contribution >= 0.6 is 0 Å². The average Bonchev–Trinajstić information content (AvgIpc) is 2.97. The third-order valence-electron chi connectivity index (χ3n) is 2.92. The molecular weight excluding hydrogens is 254 g/mol. The standard InChI is InChI=1S/C15H13N3O2/c19-14(12-6-2-1-3-7-12)15-17-13(18-20-15)9-11-5-4-8-16-10-11/h1-8,10,14,19H,9H2. The molecule has 5 heteroatoms. The Kier molecular flexibility index (Phi) is 3.52. The number of aromatic nitrogens is 3. The van der Waals surface area contributed by atoms with Gasteiger partial charge in [-0.15, -0.1) is 0 Å². The van der Waals surface area contributed by atoms with Crippen LogP contribution in [-0.2, 0) is 6.42 Å². The molecule has 0 saturated heterocycles. The van der Waals surface area contributed by atoms with E-state index in [1.54, 1.807) is 12.4 Å². The third kappa shape index (κ3) is 2.73. The molecule has 0 aliphatic heterocycles. The minimum Gasteiger partial charge on any atom is -0.378 e. The first kappa shape index (κ1) is 12.5. The van der Waals surface area contributed by atoms with Crippen molar-refractivity contribution in [3.8, 4) is 0 Å². The first-order valence-corrected chi connectivity index (χ1v) is 6.27. The Morgan fingerprint density at radius 2 is 1.95 bits per heavy atom. The molecule has 100 valence electrons. The van der Waals surface area contributed by atoms with E-state index in [0.29, 0.717) is 12.2 Å². The Labute approximate surface area is 115 Å². The normalized spacial score (nSPS) is 12.2. The molecule has 20 heavy (non-hydrogen) atoms. The van der Waals surface area contributed by atoms with Gasteiger partial charge in [0.15, 0.2) is 11.9 Å². The van der Waals surface area contributed by atoms with Gasteiger partial charge in [-0.1, -0.05) is 41.6 Å². The van der Waals surface area contributed by atoms with Crippen molar-refractivity contribution in [3.63, 3.8) is 0 Å². The highest BCUT2D eigenvalue weighted by molar-refractivity contribution is 5.22. The zero-order valence-electron chi connectivity index (χ0n) is 10.7. The molecule has 1 unspecified atom stereocenters. The summed E-state index contributed by atoms with van der Waals surface area (Å²) < 4.78 is 5.12. The highest BCUT2D eigenvalue weighted by Crippen LogP contribution is 2.20. The van der Waals surface area contributed by atoms with E-state index in [0.717, 1.165) is 11.1 Å². The van der Waals surface area contributed by atoms with Crippen molar-refractivity contribution in [1.82, 2.24) is 15.1 Å². The molecule has 0 aliphatic rings. The van der Waals surface area contributed by atoms with Gasteiger partial charge in [-0.25, -0.2) is 0 Å². The second-order valence-electron chi connectivity index (χ2n) is 4.40. The summed E-state index contributed by atoms with van der Waals surface area (Å²) in [5, 5.41) is 14.0. The Morgan fingerprint density at radius 1 is 1.10 bits per heavy atom. The molecule has 0 saturated carbocycles. The van der Waals surface area contributed by atoms with Crippen LogP contribution in [0.1, 0.15) is 28.9 Å². The lowest BCUT2D eigenvalue weighted by atomic mass is 10.1. The first-order chi connectivity index (χ1) is 9.83. The molecule has 3 rings (SSSR count). The van der Waals surface area contributed by atoms with Gasteiger partial charge in [0.05, 0.1) is 0 Å². The van der Waals surface area contributed by atoms with Gasteiger partial charge in [-0.05, 0) is 17.2 Å². The number of pyridine rings is 1. The van der Waals surface area contributed by atoms with E-state index in [-0.39, 0.29) is 5.89 Å². The fourth-order valence-electron chi connectivity index (χ4n) is 1.91. The third-order valence-corrected chi connectivity index (χ3v) is 2.92. The lowest BCUT2D eigenvalue weighted by Gasteiger charge is -2.04. The molecule has 1 atom stereocenters. The van der Waals surface area contributed by atoms with Crippen molar-refractivity contribution in [2.75, 3.05) is 0 Å². The SMILES string of the molecule is OC(c1ccccc1)c1nc(Cc2cccnc2)no1. The van der Waals surface area contributed by atoms with Gasteiger partial charge < -0.3 is 9.63 Å². The molecule has 2 aromatic heterocycles. The molecule has 5 nitrogen and oxygen atoms in total. The number of hydrogen-bond donors (Lipinski definition) is 1. The average molecular weight is 267 g/mol. The molecule has 0 spiro atoms. The van der Waals surface area contributed by atoms with Crippen LogP contribution in [0, 0.1) is 0 Å². The summed E-state index contributed by atoms with van der Waals surface area (Å²) in [6.07, 6.45) is 3.10. The predicted octanol–water partition coefficient (Wildman–Crippen LogP) is 2.14. The Balaban J connectivity index is 1.77. The zero-order chi connectivity index (χ0) is 13.8. The van der Waals surface area contributed by atoms with Gasteiger partial charge >= 0.3 is 0 Å². The van der Waals surface area contributed by atoms with E-state index in [1.807, 2.05) is 42.5 Å². The van der Waals surface area contributed by atoms with Crippen molar-refractivity contribution in [1.29, 1.82) is 0 Å². The van der Waals surface area contributed by atoms with E-state index in [1.165, 1.54) is 0 Å². The number of hydrogen-bond acceptors (Lipinski definition) is 5. The van der Waals surface area contributed by atoms with Crippen LogP contribution in [0.2, 0.25) is 0 Å². The zero-order valence-corrected chi connectivity index (χ0v) is 10.7. The van der Waals surface area contributed by atoms with Crippen LogP contribution in [0.4, 0.5) is 0 Å². The summed E-state index contributed by atoms with van der Waals surface area (Å²) in [6, 6.07) is 13.0. The molecular formula is C15H13N3O2. The quantitative estimate of drug-likeness (QED) is 0.784. The fraction of sp³-hybridized carbons (Fsp3) is 0.133. The predicted molar refractivity (Wildman–Crippen MR) is 71.8 cm³/mol. The van der Waals surface area contributed by atoms with Gasteiger partial charge in [-0.2, -0.15) is 4.98 Å². The van der Waals surface area contributed by atoms with Gasteiger partial charge in [0.25, 0.3) is 5.89 Å². The summed E-state index contributed by atoms with van der Waals surface area (Å²) >= 11 is 0. The van der Waals surface area contributed by atoms with E-state index >= 15 is 0 Å². The molecule has 0 amide bonds. The van der Waals surface area contributed by atoms with Crippen molar-refractivity contribution >= 4 is 0 Å². The highest BCUT2D eigenvalue weighted by atomic mass is 16.5. The Bertz CT molecular complexity index is 668. The summed E-state index contributed by atoms with van der Waals surface area (Å²) in [7, 11) is 0. The molecule has 2 heterocycles. The minimum atomic E-state index is -0.897. The molecule has 0 fully saturated rings. The first-order valence-electron chi connectivity index (χ1n) is 6.27. The number of aliphatic hydroxyl groups excluding tert-OH is 1. The molecule has 1 aromatic carbocycles. The molecule has 0 radical (unpaired) electrons. The smallest absolute Gasteiger partial charge is 0.260 e. The van der Waals surface area contributed by atoms with Gasteiger partial charge in [0, 0.05) is 18.8 Å². The van der Waals surface area contributed by atoms with Crippen molar-refractivity contribution in [3.05, 3.63) is 77.7 Å². The van der Waals surface area contributed by atoms with Crippen molar-refractivity contribution < 1.29 is 9.63 Å². The maximum absolute atomic E-state index is 10.2. The molecule has 3 aromatic rings. The summed E-state index contributed by atoms with van der Waals surface area (Å²) in [5.74, 6) is 0.734. The van der Waals surface area contributed by atoms with E-state index in [4.69, 9.17) is 4.52 Å². The maximum atomic E-state index is 10.2. The van der Waals surface area contributed by atoms with Crippen molar-refractivity contribution in [2.45, 2.75) is 12.5 Å². The highest BCUT2D eigenvalue weighted by Gasteiger charge is 2.17. The van der Waals surface area contributed by atoms with Crippen molar-refractivity contribution in [2.24, 2.45) is 0 Å². The van der Waals surface area contributed by atoms with E-state index in [9.17, 15) is 5.11 Å². The number of nitrogens with zero attached hydrogens (tertiary/aromatic N) is 3. The monoisotopic (exact) mass is 267 g/mol. The summed E-state index contributed by atoms with van der Waals surface area (Å²) in [4.78, 5) is 8.26. The van der Waals surface area contributed by atoms with E-state index < -0.39 is 6.10 Å². The fourth-order valence-corrected chi connectivity index (χ4v) is 1.91. The van der Waals surface area contributed by atoms with Crippen LogP contribution < -0.4 is 0 Å². The van der Waals surface area contributed by atoms with Gasteiger partial charge in [0.2, 0.25) is 0 Å². The van der Waals surface area contributed by atoms with Crippen LogP contribution in [0.15, 0.2) is 59.4 Å². The second-order valence-corrected chi connectivity index (χ2v) is 4.40. The molecule has 1 N–H and O–H groups in total. The number of rotatable bonds is 4. The molecule has 0 aliphatic carbocycles. The molecule has 0 bridgehead atoms. The lowest BCUT2D eigenvalue weighted by molar-refractivity contribution is 0.170. The van der Waals surface area contributed by atoms with Gasteiger partial charge in [0.1, 0.15) is 0 Å². The van der Waals surface area contributed by atoms with Crippen LogP contribution in [0.5, 0.6) is 0 Å². The topological polar surface area (TPSA) is 72.0 Å². The number of benzene rings is 1. The lowest BCUT2D eigenvalue weighted by Crippen LogP contribution is -2.00. The van der Waals surface area contributed by atoms with Gasteiger partial charge in [-0.3, -0.25) is 4.98 Å². The van der Waals surface area contributed by atoms with Crippen LogP contribution in [0.25, 0.3) is 0 Å². The summed E-state index contributed by atoms with van der Waals surface area (Å²) in [5.41, 5.74) is 1.72. The van der Waals surface area contributed by atoms with E-state index in [2.05, 4.69) is 15.1 Å². The Morgan fingerprint density at radius 3 is 2.70 bits per heavy atom. The number of aliphatic hydroxyl groups is 1. The van der Waals surface area contributed by atoms with Crippen LogP contribution in [0.3, 0.4) is 0 Å². The Hall–Kier alpha value is -2.53.